The molecule has 2 amide bonds. The van der Waals surface area contributed by atoms with Crippen molar-refractivity contribution in [3.05, 3.63) is 83.7 Å². The van der Waals surface area contributed by atoms with Crippen LogP contribution in [0, 0.1) is 6.92 Å². The van der Waals surface area contributed by atoms with Crippen LogP contribution in [0.15, 0.2) is 75.9 Å². The number of pyridine rings is 1. The normalized spacial score (nSPS) is 12.0. The average Bonchev–Trinajstić information content (AvgIpc) is 3.65. The van der Waals surface area contributed by atoms with Crippen LogP contribution in [-0.2, 0) is 0 Å². The van der Waals surface area contributed by atoms with E-state index in [4.69, 9.17) is 18.4 Å². The maximum Gasteiger partial charge on any atom is 0.259 e. The molecule has 0 fully saturated rings. The maximum absolute atomic E-state index is 13.5. The minimum Gasteiger partial charge on any atom is -0.463 e. The number of amides is 2. The number of carbonyl (C=O) groups is 2. The van der Waals surface area contributed by atoms with E-state index in [2.05, 4.69) is 20.8 Å². The molecule has 36 heavy (non-hydrogen) atoms. The molecular formula is C26H18N4O6. The van der Waals surface area contributed by atoms with Gasteiger partial charge in [-0.3, -0.25) is 9.59 Å². The maximum atomic E-state index is 13.5. The van der Waals surface area contributed by atoms with Crippen LogP contribution in [0.2, 0.25) is 0 Å². The van der Waals surface area contributed by atoms with Gasteiger partial charge in [0.25, 0.3) is 17.5 Å². The summed E-state index contributed by atoms with van der Waals surface area (Å²) in [6.45, 7) is 1.86. The van der Waals surface area contributed by atoms with Gasteiger partial charge in [0.05, 0.1) is 34.2 Å². The molecule has 5 aromatic rings. The number of benzene rings is 2. The topological polar surface area (TPSA) is 129 Å². The van der Waals surface area contributed by atoms with E-state index in [0.29, 0.717) is 45.4 Å². The van der Waals surface area contributed by atoms with E-state index in [1.165, 1.54) is 6.26 Å². The number of hydrogen-bond donors (Lipinski definition) is 2. The van der Waals surface area contributed by atoms with Gasteiger partial charge >= 0.3 is 0 Å². The van der Waals surface area contributed by atoms with Crippen molar-refractivity contribution in [2.45, 2.75) is 6.92 Å². The highest BCUT2D eigenvalue weighted by Crippen LogP contribution is 2.34. The molecule has 0 saturated carbocycles. The summed E-state index contributed by atoms with van der Waals surface area (Å²) < 4.78 is 21.4. The molecule has 0 unspecified atom stereocenters. The first-order valence-corrected chi connectivity index (χ1v) is 11.0. The third kappa shape index (κ3) is 3.80. The van der Waals surface area contributed by atoms with Crippen LogP contribution in [-0.4, -0.2) is 28.7 Å². The quantitative estimate of drug-likeness (QED) is 0.357. The van der Waals surface area contributed by atoms with Crippen LogP contribution in [0.3, 0.4) is 0 Å². The number of furan rings is 1. The number of aromatic nitrogens is 2. The van der Waals surface area contributed by atoms with Gasteiger partial charge in [0.2, 0.25) is 6.79 Å². The van der Waals surface area contributed by atoms with Gasteiger partial charge < -0.3 is 29.0 Å². The van der Waals surface area contributed by atoms with E-state index < -0.39 is 11.8 Å². The number of para-hydroxylation sites is 1. The standard InChI is InChI=1S/C26H18N4O6/c1-14-23-17(12-19(20-7-4-10-33-20)29-26(23)36-30-14)25(32)28-18-6-3-2-5-16(18)24(31)27-15-8-9-21-22(11-15)35-13-34-21/h2-12H,13H2,1H3,(H,27,31)(H,28,32). The second-order valence-corrected chi connectivity index (χ2v) is 8.00. The third-order valence-electron chi connectivity index (χ3n) is 5.69. The van der Waals surface area contributed by atoms with Crippen molar-refractivity contribution >= 4 is 34.3 Å². The molecule has 3 aromatic heterocycles. The van der Waals surface area contributed by atoms with Gasteiger partial charge in [-0.15, -0.1) is 0 Å². The summed E-state index contributed by atoms with van der Waals surface area (Å²) in [5, 5.41) is 10.1. The molecule has 0 spiro atoms. The predicted molar refractivity (Wildman–Crippen MR) is 129 cm³/mol. The molecule has 10 nitrogen and oxygen atoms in total. The van der Waals surface area contributed by atoms with Crippen LogP contribution in [0.25, 0.3) is 22.6 Å². The molecule has 0 atom stereocenters. The molecule has 2 N–H and O–H groups in total. The lowest BCUT2D eigenvalue weighted by atomic mass is 10.1. The summed E-state index contributed by atoms with van der Waals surface area (Å²) in [6.07, 6.45) is 1.52. The molecule has 0 saturated heterocycles. The van der Waals surface area contributed by atoms with E-state index >= 15 is 0 Å². The van der Waals surface area contributed by atoms with Crippen LogP contribution in [0.5, 0.6) is 11.5 Å². The summed E-state index contributed by atoms with van der Waals surface area (Å²) in [5.74, 6) is 0.783. The minimum atomic E-state index is -0.454. The smallest absolute Gasteiger partial charge is 0.259 e. The minimum absolute atomic E-state index is 0.136. The van der Waals surface area contributed by atoms with Crippen LogP contribution in [0.1, 0.15) is 26.4 Å². The molecule has 10 heteroatoms. The Morgan fingerprint density at radius 2 is 1.72 bits per heavy atom. The molecule has 0 aliphatic carbocycles. The predicted octanol–water partition coefficient (Wildman–Crippen LogP) is 5.02. The summed E-state index contributed by atoms with van der Waals surface area (Å²) in [5.41, 5.74) is 2.58. The van der Waals surface area contributed by atoms with Crippen molar-refractivity contribution in [1.29, 1.82) is 0 Å². The fourth-order valence-corrected chi connectivity index (χ4v) is 3.98. The van der Waals surface area contributed by atoms with E-state index in [9.17, 15) is 9.59 Å². The number of hydrogen-bond acceptors (Lipinski definition) is 8. The lowest BCUT2D eigenvalue weighted by Gasteiger charge is -2.12. The second kappa shape index (κ2) is 8.58. The summed E-state index contributed by atoms with van der Waals surface area (Å²) >= 11 is 0. The lowest BCUT2D eigenvalue weighted by molar-refractivity contribution is 0.102. The molecule has 0 radical (unpaired) electrons. The first kappa shape index (κ1) is 21.4. The van der Waals surface area contributed by atoms with Gasteiger partial charge in [-0.25, -0.2) is 4.98 Å². The molecular weight excluding hydrogens is 464 g/mol. The van der Waals surface area contributed by atoms with Crippen LogP contribution < -0.4 is 20.1 Å². The van der Waals surface area contributed by atoms with Crippen molar-refractivity contribution in [3.63, 3.8) is 0 Å². The number of nitrogens with zero attached hydrogens (tertiary/aromatic N) is 2. The van der Waals surface area contributed by atoms with E-state index in [1.54, 1.807) is 67.6 Å². The number of carbonyl (C=O) groups excluding carboxylic acids is 2. The van der Waals surface area contributed by atoms with E-state index in [0.717, 1.165) is 0 Å². The molecule has 2 aromatic carbocycles. The Bertz CT molecular complexity index is 1620. The Labute approximate surface area is 203 Å². The van der Waals surface area contributed by atoms with Crippen LogP contribution >= 0.6 is 0 Å². The summed E-state index contributed by atoms with van der Waals surface area (Å²) in [7, 11) is 0. The van der Waals surface area contributed by atoms with Gasteiger partial charge in [0.15, 0.2) is 17.3 Å². The lowest BCUT2D eigenvalue weighted by Crippen LogP contribution is -2.18. The molecule has 4 heterocycles. The monoisotopic (exact) mass is 482 g/mol. The first-order chi connectivity index (χ1) is 17.6. The van der Waals surface area contributed by atoms with Crippen LogP contribution in [0.4, 0.5) is 11.4 Å². The van der Waals surface area contributed by atoms with Crippen molar-refractivity contribution in [1.82, 2.24) is 10.1 Å². The van der Waals surface area contributed by atoms with Gasteiger partial charge in [0, 0.05) is 11.8 Å². The zero-order valence-corrected chi connectivity index (χ0v) is 18.9. The zero-order valence-electron chi connectivity index (χ0n) is 18.9. The van der Waals surface area contributed by atoms with E-state index in [1.807, 2.05) is 0 Å². The summed E-state index contributed by atoms with van der Waals surface area (Å²) in [6, 6.07) is 16.9. The highest BCUT2D eigenvalue weighted by Gasteiger charge is 2.22. The average molecular weight is 482 g/mol. The van der Waals surface area contributed by atoms with Crippen molar-refractivity contribution in [2.24, 2.45) is 0 Å². The Morgan fingerprint density at radius 1 is 0.889 bits per heavy atom. The van der Waals surface area contributed by atoms with E-state index in [-0.39, 0.29) is 23.6 Å². The molecule has 1 aliphatic heterocycles. The zero-order chi connectivity index (χ0) is 24.6. The number of fused-ring (bicyclic) bond motifs is 2. The van der Waals surface area contributed by atoms with Crippen molar-refractivity contribution in [3.8, 4) is 23.0 Å². The third-order valence-corrected chi connectivity index (χ3v) is 5.69. The number of ether oxygens (including phenoxy) is 2. The van der Waals surface area contributed by atoms with Gasteiger partial charge in [-0.05, 0) is 49.4 Å². The molecule has 6 rings (SSSR count). The number of aryl methyl sites for hydroxylation is 1. The highest BCUT2D eigenvalue weighted by molar-refractivity contribution is 6.16. The molecule has 0 bridgehead atoms. The highest BCUT2D eigenvalue weighted by atomic mass is 16.7. The Kier molecular flexibility index (Phi) is 5.11. The van der Waals surface area contributed by atoms with Crippen molar-refractivity contribution < 1.29 is 28.0 Å². The Balaban J connectivity index is 1.31. The van der Waals surface area contributed by atoms with Gasteiger partial charge in [-0.1, -0.05) is 17.3 Å². The van der Waals surface area contributed by atoms with Gasteiger partial charge in [0.1, 0.15) is 5.69 Å². The number of nitrogens with one attached hydrogen (secondary N) is 2. The Morgan fingerprint density at radius 3 is 2.58 bits per heavy atom. The summed E-state index contributed by atoms with van der Waals surface area (Å²) in [4.78, 5) is 31.0. The largest absolute Gasteiger partial charge is 0.463 e. The first-order valence-electron chi connectivity index (χ1n) is 11.0. The van der Waals surface area contributed by atoms with Gasteiger partial charge in [-0.2, -0.15) is 0 Å². The molecule has 178 valence electrons. The van der Waals surface area contributed by atoms with Crippen molar-refractivity contribution in [2.75, 3.05) is 17.4 Å². The SMILES string of the molecule is Cc1noc2nc(-c3ccco3)cc(C(=O)Nc3ccccc3C(=O)Nc3ccc4c(c3)OCO4)c12. The second-order valence-electron chi connectivity index (χ2n) is 8.00. The Hall–Kier alpha value is -5.12. The number of anilines is 2. The fraction of sp³-hybridized carbons (Fsp3) is 0.0769. The fourth-order valence-electron chi connectivity index (χ4n) is 3.98. The molecule has 1 aliphatic rings. The number of rotatable bonds is 5.